The molecule has 10 heteroatoms. The quantitative estimate of drug-likeness (QED) is 0.393. The zero-order valence-electron chi connectivity index (χ0n) is 19.9. The van der Waals surface area contributed by atoms with Crippen molar-refractivity contribution in [3.05, 3.63) is 83.2 Å². The monoisotopic (exact) mass is 488 g/mol. The van der Waals surface area contributed by atoms with Gasteiger partial charge in [-0.25, -0.2) is 28.2 Å². The van der Waals surface area contributed by atoms with E-state index in [1.807, 2.05) is 12.1 Å². The molecule has 4 aromatic rings. The van der Waals surface area contributed by atoms with Crippen LogP contribution in [0.25, 0.3) is 17.1 Å². The van der Waals surface area contributed by atoms with Crippen molar-refractivity contribution in [1.82, 2.24) is 29.9 Å². The third kappa shape index (κ3) is 2.90. The second-order valence-corrected chi connectivity index (χ2v) is 9.73. The van der Waals surface area contributed by atoms with E-state index in [1.54, 1.807) is 12.1 Å². The maximum Gasteiger partial charge on any atom is 0.377 e. The van der Waals surface area contributed by atoms with Crippen LogP contribution in [0, 0.1) is 17.0 Å². The molecule has 36 heavy (non-hydrogen) atoms. The van der Waals surface area contributed by atoms with Crippen molar-refractivity contribution >= 4 is 5.97 Å². The normalized spacial score (nSPS) is 21.4. The lowest BCUT2D eigenvalue weighted by Crippen LogP contribution is -2.38. The zero-order valence-corrected chi connectivity index (χ0v) is 19.9. The smallest absolute Gasteiger partial charge is 0.377 e. The Balaban J connectivity index is 1.48. The fraction of sp³-hybridized carbons (Fsp3) is 0.308. The van der Waals surface area contributed by atoms with Crippen molar-refractivity contribution in [3.63, 3.8) is 0 Å². The van der Waals surface area contributed by atoms with Crippen LogP contribution in [0.3, 0.4) is 0 Å². The second-order valence-electron chi connectivity index (χ2n) is 9.73. The number of pyridine rings is 1. The molecule has 0 saturated heterocycles. The predicted molar refractivity (Wildman–Crippen MR) is 124 cm³/mol. The van der Waals surface area contributed by atoms with Crippen LogP contribution in [0.4, 0.5) is 8.78 Å². The number of halogens is 2. The van der Waals surface area contributed by atoms with Crippen LogP contribution in [0.5, 0.6) is 0 Å². The third-order valence-corrected chi connectivity index (χ3v) is 7.87. The molecule has 2 aliphatic carbocycles. The Morgan fingerprint density at radius 3 is 2.61 bits per heavy atom. The fourth-order valence-electron chi connectivity index (χ4n) is 6.10. The summed E-state index contributed by atoms with van der Waals surface area (Å²) < 4.78 is 35.1. The molecule has 0 radical (unpaired) electrons. The third-order valence-electron chi connectivity index (χ3n) is 7.87. The Morgan fingerprint density at radius 2 is 1.86 bits per heavy atom. The first-order valence-corrected chi connectivity index (χ1v) is 11.6. The summed E-state index contributed by atoms with van der Waals surface area (Å²) in [5, 5.41) is 13.0. The molecule has 2 atom stereocenters. The molecule has 0 amide bonds. The number of aromatic nitrogens is 6. The van der Waals surface area contributed by atoms with E-state index in [0.717, 1.165) is 29.8 Å². The minimum absolute atomic E-state index is 0.0610. The maximum atomic E-state index is 14.5. The van der Waals surface area contributed by atoms with Crippen molar-refractivity contribution in [3.8, 4) is 17.1 Å². The van der Waals surface area contributed by atoms with E-state index in [0.29, 0.717) is 5.82 Å². The molecule has 8 nitrogen and oxygen atoms in total. The number of rotatable bonds is 4. The SMILES string of the molecule is COC(=O)c1ncn(-c2cccc([C@@]34CC[C@@H](c5cc(-c6c(F)cccc6F)nnc53)C4(C)C)n2)n1. The summed E-state index contributed by atoms with van der Waals surface area (Å²) in [5.41, 5.74) is 1.70. The molecule has 6 rings (SSSR count). The molecular weight excluding hydrogens is 466 g/mol. The number of carbonyl (C=O) groups is 1. The van der Waals surface area contributed by atoms with Crippen LogP contribution in [-0.2, 0) is 10.2 Å². The lowest BCUT2D eigenvalue weighted by molar-refractivity contribution is 0.0587. The van der Waals surface area contributed by atoms with Gasteiger partial charge in [-0.1, -0.05) is 26.0 Å². The van der Waals surface area contributed by atoms with Crippen LogP contribution in [0.15, 0.2) is 48.8 Å². The first-order valence-electron chi connectivity index (χ1n) is 11.6. The van der Waals surface area contributed by atoms with E-state index < -0.39 is 23.0 Å². The second kappa shape index (κ2) is 7.71. The molecule has 1 fully saturated rings. The molecule has 2 bridgehead atoms. The number of nitrogens with zero attached hydrogens (tertiary/aromatic N) is 6. The van der Waals surface area contributed by atoms with Gasteiger partial charge in [-0.2, -0.15) is 5.10 Å². The Bertz CT molecular complexity index is 1510. The van der Waals surface area contributed by atoms with Gasteiger partial charge in [0.15, 0.2) is 5.82 Å². The highest BCUT2D eigenvalue weighted by Gasteiger charge is 2.65. The number of hydrogen-bond acceptors (Lipinski definition) is 7. The van der Waals surface area contributed by atoms with Gasteiger partial charge in [-0.05, 0) is 60.1 Å². The van der Waals surface area contributed by atoms with E-state index >= 15 is 0 Å². The number of hydrogen-bond donors (Lipinski definition) is 0. The van der Waals surface area contributed by atoms with Gasteiger partial charge in [0.1, 0.15) is 18.0 Å². The molecule has 0 unspecified atom stereocenters. The highest BCUT2D eigenvalue weighted by molar-refractivity contribution is 5.84. The van der Waals surface area contributed by atoms with E-state index in [4.69, 9.17) is 9.72 Å². The van der Waals surface area contributed by atoms with E-state index in [9.17, 15) is 13.6 Å². The Labute approximate surface area is 205 Å². The van der Waals surface area contributed by atoms with Gasteiger partial charge >= 0.3 is 5.97 Å². The molecule has 0 N–H and O–H groups in total. The molecule has 0 aliphatic heterocycles. The molecule has 0 spiro atoms. The number of ether oxygens (including phenoxy) is 1. The minimum atomic E-state index is -0.671. The van der Waals surface area contributed by atoms with Gasteiger partial charge in [0.2, 0.25) is 0 Å². The van der Waals surface area contributed by atoms with Gasteiger partial charge in [0.25, 0.3) is 5.82 Å². The summed E-state index contributed by atoms with van der Waals surface area (Å²) >= 11 is 0. The Kier molecular flexibility index (Phi) is 4.79. The first-order chi connectivity index (χ1) is 17.3. The zero-order chi connectivity index (χ0) is 25.2. The maximum absolute atomic E-state index is 14.5. The Hall–Kier alpha value is -4.08. The predicted octanol–water partition coefficient (Wildman–Crippen LogP) is 4.39. The van der Waals surface area contributed by atoms with Gasteiger partial charge in [0.05, 0.1) is 35.2 Å². The van der Waals surface area contributed by atoms with Gasteiger partial charge in [-0.3, -0.25) is 0 Å². The van der Waals surface area contributed by atoms with Gasteiger partial charge in [0, 0.05) is 0 Å². The highest BCUT2D eigenvalue weighted by Crippen LogP contribution is 2.69. The fourth-order valence-corrected chi connectivity index (χ4v) is 6.10. The average molecular weight is 488 g/mol. The van der Waals surface area contributed by atoms with Gasteiger partial charge in [-0.15, -0.1) is 10.2 Å². The summed E-state index contributed by atoms with van der Waals surface area (Å²) in [7, 11) is 1.27. The van der Waals surface area contributed by atoms with Crippen LogP contribution in [0.2, 0.25) is 0 Å². The molecule has 1 saturated carbocycles. The largest absolute Gasteiger partial charge is 0.463 e. The highest BCUT2D eigenvalue weighted by atomic mass is 19.1. The standard InChI is InChI=1S/C26H22F2N6O2/c1-25(2)15-10-11-26(25,19-8-5-9-20(30-19)34-13-29-23(33-34)24(35)36-3)22-14(15)12-18(31-32-22)21-16(27)6-4-7-17(21)28/h4-9,12-13,15H,10-11H2,1-3H3/t15-,26-/m0/s1. The van der Waals surface area contributed by atoms with Gasteiger partial charge < -0.3 is 4.74 Å². The summed E-state index contributed by atoms with van der Waals surface area (Å²) in [4.78, 5) is 20.7. The average Bonchev–Trinajstić information content (AvgIpc) is 3.52. The van der Waals surface area contributed by atoms with Crippen molar-refractivity contribution in [2.75, 3.05) is 7.11 Å². The lowest BCUT2D eigenvalue weighted by Gasteiger charge is -2.37. The Morgan fingerprint density at radius 1 is 1.11 bits per heavy atom. The molecular formula is C26H22F2N6O2. The summed E-state index contributed by atoms with van der Waals surface area (Å²) in [6, 6.07) is 11.2. The summed E-state index contributed by atoms with van der Waals surface area (Å²) in [6.07, 6.45) is 3.10. The summed E-state index contributed by atoms with van der Waals surface area (Å²) in [5.74, 6) is -1.42. The van der Waals surface area contributed by atoms with Crippen LogP contribution < -0.4 is 0 Å². The topological polar surface area (TPSA) is 95.7 Å². The van der Waals surface area contributed by atoms with E-state index in [-0.39, 0.29) is 28.4 Å². The van der Waals surface area contributed by atoms with Crippen molar-refractivity contribution in [2.45, 2.75) is 38.0 Å². The first kappa shape index (κ1) is 22.4. The van der Waals surface area contributed by atoms with E-state index in [1.165, 1.54) is 36.3 Å². The number of methoxy groups -OCH3 is 1. The van der Waals surface area contributed by atoms with Crippen LogP contribution in [-0.4, -0.2) is 43.0 Å². The minimum Gasteiger partial charge on any atom is -0.463 e. The van der Waals surface area contributed by atoms with Crippen molar-refractivity contribution < 1.29 is 18.3 Å². The van der Waals surface area contributed by atoms with Crippen LogP contribution in [0.1, 0.15) is 60.2 Å². The van der Waals surface area contributed by atoms with Crippen LogP contribution >= 0.6 is 0 Å². The number of benzene rings is 1. The molecule has 3 heterocycles. The number of carbonyl (C=O) groups excluding carboxylic acids is 1. The number of esters is 1. The molecule has 182 valence electrons. The lowest BCUT2D eigenvalue weighted by atomic mass is 9.66. The van der Waals surface area contributed by atoms with E-state index in [2.05, 4.69) is 34.1 Å². The number of fused-ring (bicyclic) bond motifs is 5. The molecule has 2 aliphatic rings. The molecule has 1 aromatic carbocycles. The van der Waals surface area contributed by atoms with Crippen molar-refractivity contribution in [2.24, 2.45) is 5.41 Å². The molecule has 3 aromatic heterocycles. The summed E-state index contributed by atoms with van der Waals surface area (Å²) in [6.45, 7) is 4.35. The van der Waals surface area contributed by atoms with Crippen molar-refractivity contribution in [1.29, 1.82) is 0 Å².